The first-order valence-electron chi connectivity index (χ1n) is 6.64. The Morgan fingerprint density at radius 2 is 2.00 bits per heavy atom. The van der Waals surface area contributed by atoms with Crippen LogP contribution in [0.3, 0.4) is 0 Å². The van der Waals surface area contributed by atoms with Crippen LogP contribution in [0.5, 0.6) is 5.75 Å². The Morgan fingerprint density at radius 1 is 1.29 bits per heavy atom. The molecule has 0 aromatic heterocycles. The number of ether oxygens (including phenoxy) is 1. The van der Waals surface area contributed by atoms with E-state index < -0.39 is 16.9 Å². The van der Waals surface area contributed by atoms with Crippen LogP contribution in [0.2, 0.25) is 10.0 Å². The molecule has 9 heteroatoms. The minimum atomic E-state index is -0.825. The van der Waals surface area contributed by atoms with E-state index in [1.165, 1.54) is 18.2 Å². The molecule has 2 rings (SSSR count). The Hall–Kier alpha value is -1.83. The summed E-state index contributed by atoms with van der Waals surface area (Å²) >= 11 is 15.1. The van der Waals surface area contributed by atoms with Crippen molar-refractivity contribution in [3.05, 3.63) is 61.0 Å². The van der Waals surface area contributed by atoms with Gasteiger partial charge in [-0.2, -0.15) is 0 Å². The molecular formula is C15H11BrCl2N2O4. The molecule has 0 aliphatic carbocycles. The lowest BCUT2D eigenvalue weighted by atomic mass is 10.2. The normalized spacial score (nSPS) is 11.7. The average Bonchev–Trinajstić information content (AvgIpc) is 2.51. The molecule has 1 N–H and O–H groups in total. The van der Waals surface area contributed by atoms with Gasteiger partial charge in [0.2, 0.25) is 0 Å². The highest BCUT2D eigenvalue weighted by Gasteiger charge is 2.18. The average molecular weight is 434 g/mol. The van der Waals surface area contributed by atoms with Gasteiger partial charge in [-0.3, -0.25) is 14.9 Å². The second kappa shape index (κ2) is 7.83. The van der Waals surface area contributed by atoms with Gasteiger partial charge in [0.1, 0.15) is 5.75 Å². The summed E-state index contributed by atoms with van der Waals surface area (Å²) in [5.41, 5.74) is 0.102. The van der Waals surface area contributed by atoms with Crippen molar-refractivity contribution in [2.75, 3.05) is 5.32 Å². The van der Waals surface area contributed by atoms with Gasteiger partial charge in [0.25, 0.3) is 11.6 Å². The molecule has 24 heavy (non-hydrogen) atoms. The minimum absolute atomic E-state index is 0.0671. The highest BCUT2D eigenvalue weighted by molar-refractivity contribution is 9.10. The highest BCUT2D eigenvalue weighted by Crippen LogP contribution is 2.30. The summed E-state index contributed by atoms with van der Waals surface area (Å²) < 4.78 is 6.18. The second-order valence-corrected chi connectivity index (χ2v) is 6.44. The zero-order valence-corrected chi connectivity index (χ0v) is 15.4. The van der Waals surface area contributed by atoms with Crippen molar-refractivity contribution in [3.8, 4) is 5.75 Å². The van der Waals surface area contributed by atoms with E-state index in [0.717, 1.165) is 0 Å². The van der Waals surface area contributed by atoms with Crippen molar-refractivity contribution in [2.45, 2.75) is 13.0 Å². The first kappa shape index (κ1) is 18.5. The number of carbonyl (C=O) groups is 1. The largest absolute Gasteiger partial charge is 0.480 e. The number of amides is 1. The summed E-state index contributed by atoms with van der Waals surface area (Å²) in [5.74, 6) is 0.00412. The third-order valence-electron chi connectivity index (χ3n) is 2.99. The maximum absolute atomic E-state index is 12.2. The quantitative estimate of drug-likeness (QED) is 0.527. The first-order valence-corrected chi connectivity index (χ1v) is 8.19. The van der Waals surface area contributed by atoms with Crippen LogP contribution in [0.4, 0.5) is 11.4 Å². The standard InChI is InChI=1S/C15H11BrCl2N2O4/c1-8(24-14-5-2-9(17)6-11(14)16)15(21)19-13-4-3-10(20(22)23)7-12(13)18/h2-8H,1H3,(H,19,21). The maximum atomic E-state index is 12.2. The maximum Gasteiger partial charge on any atom is 0.271 e. The lowest BCUT2D eigenvalue weighted by Crippen LogP contribution is -2.30. The third kappa shape index (κ3) is 4.59. The molecule has 0 saturated heterocycles. The second-order valence-electron chi connectivity index (χ2n) is 4.75. The number of nitro groups is 1. The summed E-state index contributed by atoms with van der Waals surface area (Å²) in [4.78, 5) is 22.3. The predicted molar refractivity (Wildman–Crippen MR) is 96.0 cm³/mol. The van der Waals surface area contributed by atoms with Crippen molar-refractivity contribution in [3.63, 3.8) is 0 Å². The summed E-state index contributed by atoms with van der Waals surface area (Å²) in [6.45, 7) is 1.57. The number of carbonyl (C=O) groups excluding carboxylic acids is 1. The molecule has 0 spiro atoms. The van der Waals surface area contributed by atoms with E-state index in [2.05, 4.69) is 21.2 Å². The van der Waals surface area contributed by atoms with Crippen LogP contribution in [0.15, 0.2) is 40.9 Å². The molecule has 0 fully saturated rings. The topological polar surface area (TPSA) is 81.5 Å². The van der Waals surface area contributed by atoms with E-state index in [4.69, 9.17) is 27.9 Å². The SMILES string of the molecule is CC(Oc1ccc(Cl)cc1Br)C(=O)Nc1ccc([N+](=O)[O-])cc1Cl. The van der Waals surface area contributed by atoms with Crippen molar-refractivity contribution in [2.24, 2.45) is 0 Å². The molecule has 2 aromatic rings. The van der Waals surface area contributed by atoms with E-state index in [1.807, 2.05) is 0 Å². The molecule has 6 nitrogen and oxygen atoms in total. The molecule has 1 amide bonds. The first-order chi connectivity index (χ1) is 11.3. The summed E-state index contributed by atoms with van der Waals surface area (Å²) in [6, 6.07) is 8.70. The number of nitro benzene ring substituents is 1. The number of rotatable bonds is 5. The van der Waals surface area contributed by atoms with Crippen LogP contribution in [0, 0.1) is 10.1 Å². The lowest BCUT2D eigenvalue weighted by molar-refractivity contribution is -0.384. The van der Waals surface area contributed by atoms with Gasteiger partial charge in [-0.05, 0) is 47.1 Å². The Morgan fingerprint density at radius 3 is 2.58 bits per heavy atom. The molecule has 2 aromatic carbocycles. The van der Waals surface area contributed by atoms with Crippen molar-refractivity contribution >= 4 is 56.4 Å². The fraction of sp³-hybridized carbons (Fsp3) is 0.133. The van der Waals surface area contributed by atoms with Gasteiger partial charge in [-0.1, -0.05) is 23.2 Å². The number of anilines is 1. The summed E-state index contributed by atoms with van der Waals surface area (Å²) in [6.07, 6.45) is -0.825. The minimum Gasteiger partial charge on any atom is -0.480 e. The predicted octanol–water partition coefficient (Wildman–Crippen LogP) is 5.07. The van der Waals surface area contributed by atoms with Gasteiger partial charge >= 0.3 is 0 Å². The third-order valence-corrected chi connectivity index (χ3v) is 4.16. The lowest BCUT2D eigenvalue weighted by Gasteiger charge is -2.16. The van der Waals surface area contributed by atoms with Gasteiger partial charge in [0, 0.05) is 17.2 Å². The van der Waals surface area contributed by atoms with Crippen molar-refractivity contribution < 1.29 is 14.5 Å². The molecule has 1 unspecified atom stereocenters. The van der Waals surface area contributed by atoms with Crippen LogP contribution in [0.1, 0.15) is 6.92 Å². The number of nitrogens with zero attached hydrogens (tertiary/aromatic N) is 1. The monoisotopic (exact) mass is 432 g/mol. The molecule has 126 valence electrons. The Labute approximate surface area is 156 Å². The van der Waals surface area contributed by atoms with Crippen molar-refractivity contribution in [1.82, 2.24) is 0 Å². The summed E-state index contributed by atoms with van der Waals surface area (Å²) in [7, 11) is 0. The molecule has 0 heterocycles. The molecular weight excluding hydrogens is 423 g/mol. The van der Waals surface area contributed by atoms with E-state index in [-0.39, 0.29) is 16.4 Å². The van der Waals surface area contributed by atoms with Crippen LogP contribution < -0.4 is 10.1 Å². The number of benzene rings is 2. The number of non-ortho nitro benzene ring substituents is 1. The smallest absolute Gasteiger partial charge is 0.271 e. The van der Waals surface area contributed by atoms with Gasteiger partial charge in [-0.25, -0.2) is 0 Å². The number of hydrogen-bond acceptors (Lipinski definition) is 4. The number of nitrogens with one attached hydrogen (secondary N) is 1. The molecule has 0 aliphatic rings. The van der Waals surface area contributed by atoms with Gasteiger partial charge < -0.3 is 10.1 Å². The Kier molecular flexibility index (Phi) is 6.04. The van der Waals surface area contributed by atoms with E-state index >= 15 is 0 Å². The van der Waals surface area contributed by atoms with Gasteiger partial charge in [-0.15, -0.1) is 0 Å². The van der Waals surface area contributed by atoms with Crippen LogP contribution in [0.25, 0.3) is 0 Å². The molecule has 0 bridgehead atoms. The Bertz CT molecular complexity index is 801. The molecule has 0 aliphatic heterocycles. The number of hydrogen-bond donors (Lipinski definition) is 1. The molecule has 0 saturated carbocycles. The van der Waals surface area contributed by atoms with Crippen LogP contribution >= 0.6 is 39.1 Å². The van der Waals surface area contributed by atoms with E-state index in [9.17, 15) is 14.9 Å². The zero-order chi connectivity index (χ0) is 17.9. The summed E-state index contributed by atoms with van der Waals surface area (Å²) in [5, 5.41) is 13.8. The molecule has 0 radical (unpaired) electrons. The Balaban J connectivity index is 2.07. The van der Waals surface area contributed by atoms with E-state index in [0.29, 0.717) is 15.2 Å². The highest BCUT2D eigenvalue weighted by atomic mass is 79.9. The van der Waals surface area contributed by atoms with Crippen LogP contribution in [-0.4, -0.2) is 16.9 Å². The fourth-order valence-electron chi connectivity index (χ4n) is 1.77. The fourth-order valence-corrected chi connectivity index (χ4v) is 2.77. The zero-order valence-electron chi connectivity index (χ0n) is 12.3. The van der Waals surface area contributed by atoms with Crippen LogP contribution in [-0.2, 0) is 4.79 Å². The van der Waals surface area contributed by atoms with Crippen molar-refractivity contribution in [1.29, 1.82) is 0 Å². The van der Waals surface area contributed by atoms with Gasteiger partial charge in [0.15, 0.2) is 6.10 Å². The molecule has 1 atom stereocenters. The van der Waals surface area contributed by atoms with Gasteiger partial charge in [0.05, 0.1) is 20.1 Å². The van der Waals surface area contributed by atoms with E-state index in [1.54, 1.807) is 25.1 Å². The number of halogens is 3.